The van der Waals surface area contributed by atoms with Crippen LogP contribution in [-0.4, -0.2) is 20.6 Å². The molecule has 2 rings (SSSR count). The van der Waals surface area contributed by atoms with Crippen molar-refractivity contribution in [2.75, 3.05) is 11.6 Å². The highest BCUT2D eigenvalue weighted by Gasteiger charge is 2.20. The van der Waals surface area contributed by atoms with Gasteiger partial charge >= 0.3 is 0 Å². The molecule has 128 valence electrons. The van der Waals surface area contributed by atoms with Crippen molar-refractivity contribution < 1.29 is 13.2 Å². The summed E-state index contributed by atoms with van der Waals surface area (Å²) in [6.45, 7) is 3.84. The van der Waals surface area contributed by atoms with E-state index in [2.05, 4.69) is 12.2 Å². The number of benzene rings is 2. The summed E-state index contributed by atoms with van der Waals surface area (Å²) in [5.41, 5.74) is 2.36. The highest BCUT2D eigenvalue weighted by atomic mass is 32.2. The normalized spacial score (nSPS) is 12.6. The molecule has 0 aliphatic heterocycles. The Morgan fingerprint density at radius 3 is 2.33 bits per heavy atom. The first-order chi connectivity index (χ1) is 11.3. The Morgan fingerprint density at radius 2 is 1.79 bits per heavy atom. The van der Waals surface area contributed by atoms with Crippen molar-refractivity contribution in [3.8, 4) is 0 Å². The molecule has 1 amide bonds. The van der Waals surface area contributed by atoms with E-state index in [9.17, 15) is 13.2 Å². The van der Waals surface area contributed by atoms with Gasteiger partial charge in [0.1, 0.15) is 0 Å². The molecule has 0 spiro atoms. The summed E-state index contributed by atoms with van der Waals surface area (Å²) in [6.07, 6.45) is 2.84. The van der Waals surface area contributed by atoms with Crippen LogP contribution in [0.15, 0.2) is 53.4 Å². The molecule has 0 heterocycles. The second-order valence-corrected chi connectivity index (χ2v) is 8.01. The fraction of sp³-hybridized carbons (Fsp3) is 0.316. The van der Waals surface area contributed by atoms with Crippen LogP contribution in [0.3, 0.4) is 0 Å². The van der Waals surface area contributed by atoms with Gasteiger partial charge < -0.3 is 5.32 Å². The summed E-state index contributed by atoms with van der Waals surface area (Å²) in [4.78, 5) is 13.0. The Morgan fingerprint density at radius 1 is 1.12 bits per heavy atom. The van der Waals surface area contributed by atoms with Crippen molar-refractivity contribution in [2.45, 2.75) is 37.5 Å². The lowest BCUT2D eigenvalue weighted by Crippen LogP contribution is -2.21. The number of amides is 1. The minimum Gasteiger partial charge on any atom is -0.325 e. The third kappa shape index (κ3) is 4.45. The molecule has 4 nitrogen and oxygen atoms in total. The van der Waals surface area contributed by atoms with E-state index >= 15 is 0 Å². The number of sulfone groups is 1. The number of carbonyl (C=O) groups excluding carboxylic acids is 1. The van der Waals surface area contributed by atoms with Gasteiger partial charge in [0.15, 0.2) is 9.84 Å². The van der Waals surface area contributed by atoms with Gasteiger partial charge in [-0.1, -0.05) is 43.7 Å². The predicted octanol–water partition coefficient (Wildman–Crippen LogP) is 3.92. The van der Waals surface area contributed by atoms with Gasteiger partial charge in [0.2, 0.25) is 5.91 Å². The number of hydrogen-bond acceptors (Lipinski definition) is 3. The summed E-state index contributed by atoms with van der Waals surface area (Å²) in [7, 11) is -3.25. The smallest absolute Gasteiger partial charge is 0.231 e. The zero-order valence-corrected chi connectivity index (χ0v) is 15.1. The highest BCUT2D eigenvalue weighted by Crippen LogP contribution is 2.25. The molecule has 0 aliphatic rings. The molecule has 0 aliphatic carbocycles. The molecule has 0 bridgehead atoms. The molecule has 2 aromatic rings. The van der Waals surface area contributed by atoms with Gasteiger partial charge in [-0.05, 0) is 42.7 Å². The number of nitrogens with one attached hydrogen (secondary N) is 1. The van der Waals surface area contributed by atoms with Crippen LogP contribution in [0.5, 0.6) is 0 Å². The van der Waals surface area contributed by atoms with Gasteiger partial charge in [-0.15, -0.1) is 0 Å². The quantitative estimate of drug-likeness (QED) is 0.863. The largest absolute Gasteiger partial charge is 0.325 e. The standard InChI is InChI=1S/C19H23NO3S/c1-4-8-17(15-9-6-5-7-10-15)19(21)20-18-12-11-16(13-14(18)2)24(3,22)23/h5-7,9-13,17H,4,8H2,1-3H3,(H,20,21)/t17-/m0/s1. The summed E-state index contributed by atoms with van der Waals surface area (Å²) < 4.78 is 23.2. The summed E-state index contributed by atoms with van der Waals surface area (Å²) in [5.74, 6) is -0.288. The third-order valence-corrected chi connectivity index (χ3v) is 5.09. The maximum atomic E-state index is 12.7. The minimum atomic E-state index is -3.25. The molecule has 0 saturated carbocycles. The van der Waals surface area contributed by atoms with Crippen LogP contribution in [0.2, 0.25) is 0 Å². The van der Waals surface area contributed by atoms with E-state index in [4.69, 9.17) is 0 Å². The molecule has 24 heavy (non-hydrogen) atoms. The van der Waals surface area contributed by atoms with Crippen LogP contribution in [0.1, 0.15) is 36.8 Å². The average molecular weight is 345 g/mol. The number of carbonyl (C=O) groups is 1. The first-order valence-corrected chi connectivity index (χ1v) is 9.88. The average Bonchev–Trinajstić information content (AvgIpc) is 2.54. The number of anilines is 1. The molecular weight excluding hydrogens is 322 g/mol. The Bertz CT molecular complexity index is 814. The van der Waals surface area contributed by atoms with E-state index in [1.54, 1.807) is 19.1 Å². The van der Waals surface area contributed by atoms with Gasteiger partial charge in [-0.3, -0.25) is 4.79 Å². The van der Waals surface area contributed by atoms with Crippen molar-refractivity contribution in [1.29, 1.82) is 0 Å². The summed E-state index contributed by atoms with van der Waals surface area (Å²) >= 11 is 0. The molecule has 1 N–H and O–H groups in total. The Labute approximate surface area is 143 Å². The third-order valence-electron chi connectivity index (χ3n) is 3.98. The molecule has 0 aromatic heterocycles. The van der Waals surface area contributed by atoms with Crippen molar-refractivity contribution in [2.24, 2.45) is 0 Å². The van der Waals surface area contributed by atoms with Crippen molar-refractivity contribution in [3.05, 3.63) is 59.7 Å². The summed E-state index contributed by atoms with van der Waals surface area (Å²) in [6, 6.07) is 14.5. The number of hydrogen-bond donors (Lipinski definition) is 1. The van der Waals surface area contributed by atoms with Crippen molar-refractivity contribution in [1.82, 2.24) is 0 Å². The zero-order valence-electron chi connectivity index (χ0n) is 14.2. The first kappa shape index (κ1) is 18.2. The topological polar surface area (TPSA) is 63.2 Å². The van der Waals surface area contributed by atoms with Gasteiger partial charge in [0, 0.05) is 11.9 Å². The van der Waals surface area contributed by atoms with E-state index in [0.717, 1.165) is 24.0 Å². The van der Waals surface area contributed by atoms with Crippen LogP contribution in [-0.2, 0) is 14.6 Å². The molecule has 2 aromatic carbocycles. The molecule has 0 fully saturated rings. The highest BCUT2D eigenvalue weighted by molar-refractivity contribution is 7.90. The van der Waals surface area contributed by atoms with Crippen molar-refractivity contribution >= 4 is 21.4 Å². The lowest BCUT2D eigenvalue weighted by Gasteiger charge is -2.18. The maximum Gasteiger partial charge on any atom is 0.231 e. The zero-order chi connectivity index (χ0) is 17.7. The van der Waals surface area contributed by atoms with E-state index < -0.39 is 9.84 Å². The van der Waals surface area contributed by atoms with E-state index in [-0.39, 0.29) is 16.7 Å². The van der Waals surface area contributed by atoms with Crippen LogP contribution < -0.4 is 5.32 Å². The van der Waals surface area contributed by atoms with Crippen LogP contribution in [0, 0.1) is 6.92 Å². The summed E-state index contributed by atoms with van der Waals surface area (Å²) in [5, 5.41) is 2.94. The van der Waals surface area contributed by atoms with Crippen molar-refractivity contribution in [3.63, 3.8) is 0 Å². The SMILES string of the molecule is CCC[C@H](C(=O)Nc1ccc(S(C)(=O)=O)cc1C)c1ccccc1. The second-order valence-electron chi connectivity index (χ2n) is 5.99. The van der Waals surface area contributed by atoms with E-state index in [1.807, 2.05) is 30.3 Å². The molecule has 5 heteroatoms. The maximum absolute atomic E-state index is 12.7. The van der Waals surface area contributed by atoms with Gasteiger partial charge in [-0.2, -0.15) is 0 Å². The molecule has 0 saturated heterocycles. The molecule has 1 atom stereocenters. The number of aryl methyl sites for hydroxylation is 1. The minimum absolute atomic E-state index is 0.0711. The van der Waals surface area contributed by atoms with Gasteiger partial charge in [0.05, 0.1) is 10.8 Å². The van der Waals surface area contributed by atoms with Gasteiger partial charge in [0.25, 0.3) is 0 Å². The molecule has 0 radical (unpaired) electrons. The second kappa shape index (κ2) is 7.62. The number of rotatable bonds is 6. The first-order valence-electron chi connectivity index (χ1n) is 7.99. The predicted molar refractivity (Wildman–Crippen MR) is 97.0 cm³/mol. The lowest BCUT2D eigenvalue weighted by molar-refractivity contribution is -0.117. The fourth-order valence-corrected chi connectivity index (χ4v) is 3.36. The monoisotopic (exact) mass is 345 g/mol. The van der Waals surface area contributed by atoms with Crippen LogP contribution in [0.4, 0.5) is 5.69 Å². The van der Waals surface area contributed by atoms with Crippen LogP contribution >= 0.6 is 0 Å². The van der Waals surface area contributed by atoms with Gasteiger partial charge in [-0.25, -0.2) is 8.42 Å². The molecular formula is C19H23NO3S. The lowest BCUT2D eigenvalue weighted by atomic mass is 9.93. The van der Waals surface area contributed by atoms with Crippen LogP contribution in [0.25, 0.3) is 0 Å². The Kier molecular flexibility index (Phi) is 5.78. The Hall–Kier alpha value is -2.14. The van der Waals surface area contributed by atoms with E-state index in [0.29, 0.717) is 5.69 Å². The Balaban J connectivity index is 2.24. The fourth-order valence-electron chi connectivity index (χ4n) is 2.65. The van der Waals surface area contributed by atoms with E-state index in [1.165, 1.54) is 12.3 Å². The molecule has 0 unspecified atom stereocenters.